The number of ether oxygens (including phenoxy) is 1. The van der Waals surface area contributed by atoms with E-state index in [9.17, 15) is 19.8 Å². The van der Waals surface area contributed by atoms with Gasteiger partial charge in [0.05, 0.1) is 11.5 Å². The van der Waals surface area contributed by atoms with Gasteiger partial charge in [0.15, 0.2) is 0 Å². The summed E-state index contributed by atoms with van der Waals surface area (Å²) in [6, 6.07) is 0. The molecule has 9 atom stereocenters. The van der Waals surface area contributed by atoms with Gasteiger partial charge in [-0.05, 0) is 91.3 Å². The summed E-state index contributed by atoms with van der Waals surface area (Å²) in [6.07, 6.45) is 9.45. The second-order valence-corrected chi connectivity index (χ2v) is 15.8. The largest absolute Gasteiger partial charge is 0.481 e. The second-order valence-electron chi connectivity index (χ2n) is 15.8. The summed E-state index contributed by atoms with van der Waals surface area (Å²) >= 11 is 0. The number of aliphatic hydroxyl groups excluding tert-OH is 1. The van der Waals surface area contributed by atoms with Crippen LogP contribution in [0.2, 0.25) is 0 Å². The Hall–Kier alpha value is -1.36. The van der Waals surface area contributed by atoms with Crippen LogP contribution < -0.4 is 0 Å². The quantitative estimate of drug-likeness (QED) is 0.314. The molecule has 0 radical (unpaired) electrons. The van der Waals surface area contributed by atoms with Crippen LogP contribution in [0.3, 0.4) is 0 Å². The van der Waals surface area contributed by atoms with Crippen molar-refractivity contribution in [3.8, 4) is 0 Å². The average molecular weight is 515 g/mol. The highest BCUT2D eigenvalue weighted by Gasteiger charge is 2.71. The molecule has 37 heavy (non-hydrogen) atoms. The molecule has 0 unspecified atom stereocenters. The van der Waals surface area contributed by atoms with Gasteiger partial charge in [0.25, 0.3) is 0 Å². The third kappa shape index (κ3) is 3.50. The van der Waals surface area contributed by atoms with Gasteiger partial charge in [0, 0.05) is 18.3 Å². The molecule has 0 aromatic rings. The molecule has 0 amide bonds. The van der Waals surface area contributed by atoms with Crippen molar-refractivity contribution in [3.05, 3.63) is 11.6 Å². The average Bonchev–Trinajstić information content (AvgIpc) is 2.76. The Balaban J connectivity index is 1.60. The molecule has 0 aromatic carbocycles. The summed E-state index contributed by atoms with van der Waals surface area (Å²) in [5, 5.41) is 22.6. The van der Waals surface area contributed by atoms with E-state index >= 15 is 0 Å². The zero-order valence-corrected chi connectivity index (χ0v) is 24.4. The molecule has 2 N–H and O–H groups in total. The first-order chi connectivity index (χ1) is 16.9. The Kier molecular flexibility index (Phi) is 5.95. The number of aliphatic hydroxyl groups is 1. The molecule has 0 aromatic heterocycles. The van der Waals surface area contributed by atoms with Crippen molar-refractivity contribution in [2.45, 2.75) is 125 Å². The molecule has 5 aliphatic rings. The van der Waals surface area contributed by atoms with Crippen molar-refractivity contribution in [2.75, 3.05) is 0 Å². The SMILES string of the molecule is CC(=O)O[C@H]1CC[C@]2(C)[C@H]3[C@H](O)C=C4[C@@H]5CC(C)(C)CC[C@]5(C(=O)O)CC[C@@]4(C)[C@]3(C)CC[C@H]2C1(C)C. The molecular weight excluding hydrogens is 464 g/mol. The Morgan fingerprint density at radius 2 is 1.57 bits per heavy atom. The summed E-state index contributed by atoms with van der Waals surface area (Å²) in [5.74, 6) is -0.418. The van der Waals surface area contributed by atoms with Crippen LogP contribution in [0.25, 0.3) is 0 Å². The lowest BCUT2D eigenvalue weighted by molar-refractivity contribution is -0.230. The van der Waals surface area contributed by atoms with Crippen molar-refractivity contribution in [1.82, 2.24) is 0 Å². The number of fused-ring (bicyclic) bond motifs is 7. The standard InChI is InChI=1S/C32H50O5/c1-19(33)37-24-10-11-29(6)23(28(24,4)5)9-12-31(8)25(29)22(34)17-20-21-18-27(2,3)13-15-32(21,26(35)36)16-14-30(20,31)7/h17,21-25,34H,9-16,18H2,1-8H3,(H,35,36)/t21-,22+,23-,24-,25+,29-,30+,31+,32-/m0/s1. The van der Waals surface area contributed by atoms with E-state index in [1.807, 2.05) is 0 Å². The van der Waals surface area contributed by atoms with E-state index in [1.165, 1.54) is 12.5 Å². The molecule has 0 heterocycles. The highest BCUT2D eigenvalue weighted by atomic mass is 16.5. The van der Waals surface area contributed by atoms with E-state index in [1.54, 1.807) is 0 Å². The number of aliphatic carboxylic acids is 1. The molecule has 4 fully saturated rings. The topological polar surface area (TPSA) is 83.8 Å². The summed E-state index contributed by atoms with van der Waals surface area (Å²) in [5.41, 5.74) is 0.170. The fourth-order valence-corrected chi connectivity index (χ4v) is 11.1. The van der Waals surface area contributed by atoms with Crippen molar-refractivity contribution in [2.24, 2.45) is 50.2 Å². The van der Waals surface area contributed by atoms with Gasteiger partial charge in [-0.3, -0.25) is 9.59 Å². The Bertz CT molecular complexity index is 1030. The van der Waals surface area contributed by atoms with Gasteiger partial charge in [-0.2, -0.15) is 0 Å². The number of carboxylic acid groups (broad SMARTS) is 1. The maximum absolute atomic E-state index is 12.8. The number of carboxylic acids is 1. The molecule has 5 nitrogen and oxygen atoms in total. The van der Waals surface area contributed by atoms with Crippen LogP contribution in [-0.4, -0.2) is 34.4 Å². The van der Waals surface area contributed by atoms with Gasteiger partial charge in [-0.1, -0.05) is 60.1 Å². The number of esters is 1. The summed E-state index contributed by atoms with van der Waals surface area (Å²) in [4.78, 5) is 24.7. The van der Waals surface area contributed by atoms with Gasteiger partial charge in [0.1, 0.15) is 6.10 Å². The van der Waals surface area contributed by atoms with Crippen molar-refractivity contribution < 1.29 is 24.5 Å². The van der Waals surface area contributed by atoms with E-state index in [2.05, 4.69) is 54.5 Å². The Morgan fingerprint density at radius 3 is 2.19 bits per heavy atom. The zero-order valence-electron chi connectivity index (χ0n) is 24.4. The first kappa shape index (κ1) is 27.2. The minimum absolute atomic E-state index is 0.0124. The van der Waals surface area contributed by atoms with Crippen LogP contribution >= 0.6 is 0 Å². The van der Waals surface area contributed by atoms with E-state index in [0.29, 0.717) is 5.92 Å². The molecule has 0 spiro atoms. The third-order valence-corrected chi connectivity index (χ3v) is 13.3. The van der Waals surface area contributed by atoms with Crippen LogP contribution in [0.15, 0.2) is 11.6 Å². The summed E-state index contributed by atoms with van der Waals surface area (Å²) in [6.45, 7) is 17.8. The fourth-order valence-electron chi connectivity index (χ4n) is 11.1. The Labute approximate surface area is 223 Å². The maximum Gasteiger partial charge on any atom is 0.310 e. The second kappa shape index (κ2) is 8.08. The predicted molar refractivity (Wildman–Crippen MR) is 144 cm³/mol. The number of carbonyl (C=O) groups is 2. The number of rotatable bonds is 2. The monoisotopic (exact) mass is 514 g/mol. The van der Waals surface area contributed by atoms with Gasteiger partial charge in [-0.15, -0.1) is 0 Å². The normalized spacial score (nSPS) is 49.9. The molecule has 4 saturated carbocycles. The van der Waals surface area contributed by atoms with E-state index in [-0.39, 0.29) is 51.0 Å². The summed E-state index contributed by atoms with van der Waals surface area (Å²) in [7, 11) is 0. The molecule has 0 aliphatic heterocycles. The number of allylic oxidation sites excluding steroid dienone is 1. The predicted octanol–water partition coefficient (Wildman–Crippen LogP) is 6.78. The molecule has 5 rings (SSSR count). The van der Waals surface area contributed by atoms with Crippen LogP contribution in [0, 0.1) is 50.2 Å². The Morgan fingerprint density at radius 1 is 0.919 bits per heavy atom. The molecule has 0 bridgehead atoms. The van der Waals surface area contributed by atoms with Crippen molar-refractivity contribution in [3.63, 3.8) is 0 Å². The smallest absolute Gasteiger partial charge is 0.310 e. The van der Waals surface area contributed by atoms with Crippen LogP contribution in [-0.2, 0) is 14.3 Å². The minimum atomic E-state index is -0.699. The lowest BCUT2D eigenvalue weighted by atomic mass is 9.33. The number of hydrogen-bond donors (Lipinski definition) is 2. The molecular formula is C32H50O5. The van der Waals surface area contributed by atoms with Gasteiger partial charge in [-0.25, -0.2) is 0 Å². The first-order valence-corrected chi connectivity index (χ1v) is 14.8. The van der Waals surface area contributed by atoms with Crippen molar-refractivity contribution in [1.29, 1.82) is 0 Å². The minimum Gasteiger partial charge on any atom is -0.481 e. The van der Waals surface area contributed by atoms with Crippen molar-refractivity contribution >= 4 is 11.9 Å². The highest BCUT2D eigenvalue weighted by Crippen LogP contribution is 2.75. The van der Waals surface area contributed by atoms with Crippen LogP contribution in [0.5, 0.6) is 0 Å². The molecule has 5 heteroatoms. The number of hydrogen-bond acceptors (Lipinski definition) is 4. The van der Waals surface area contributed by atoms with Gasteiger partial charge < -0.3 is 14.9 Å². The highest BCUT2D eigenvalue weighted by molar-refractivity contribution is 5.76. The fraction of sp³-hybridized carbons (Fsp3) is 0.875. The number of carbonyl (C=O) groups excluding carboxylic acids is 1. The molecule has 208 valence electrons. The van der Waals surface area contributed by atoms with Crippen LogP contribution in [0.1, 0.15) is 113 Å². The maximum atomic E-state index is 12.8. The third-order valence-electron chi connectivity index (χ3n) is 13.3. The van der Waals surface area contributed by atoms with Gasteiger partial charge >= 0.3 is 11.9 Å². The summed E-state index contributed by atoms with van der Waals surface area (Å²) < 4.78 is 5.84. The zero-order chi connectivity index (χ0) is 27.4. The van der Waals surface area contributed by atoms with E-state index in [4.69, 9.17) is 4.74 Å². The lowest BCUT2D eigenvalue weighted by Gasteiger charge is -2.71. The molecule has 5 aliphatic carbocycles. The first-order valence-electron chi connectivity index (χ1n) is 14.8. The van der Waals surface area contributed by atoms with Crippen LogP contribution in [0.4, 0.5) is 0 Å². The van der Waals surface area contributed by atoms with E-state index in [0.717, 1.165) is 57.8 Å². The lowest BCUT2D eigenvalue weighted by Crippen LogP contribution is -2.68. The van der Waals surface area contributed by atoms with E-state index < -0.39 is 17.5 Å². The van der Waals surface area contributed by atoms with Gasteiger partial charge in [0.2, 0.25) is 0 Å². The molecule has 0 saturated heterocycles.